The molecule has 2 aromatic carbocycles. The lowest BCUT2D eigenvalue weighted by Crippen LogP contribution is -2.20. The van der Waals surface area contributed by atoms with Crippen LogP contribution in [-0.2, 0) is 15.9 Å². The van der Waals surface area contributed by atoms with Crippen LogP contribution in [-0.4, -0.2) is 11.2 Å². The summed E-state index contributed by atoms with van der Waals surface area (Å²) in [4.78, 5) is 10.6. The zero-order valence-corrected chi connectivity index (χ0v) is 16.4. The first-order valence-electron chi connectivity index (χ1n) is 8.79. The second kappa shape index (κ2) is 7.19. The number of hydrogen-bond acceptors (Lipinski definition) is 3. The van der Waals surface area contributed by atoms with Crippen molar-refractivity contribution in [3.05, 3.63) is 64.7 Å². The highest BCUT2D eigenvalue weighted by atomic mass is 17.2. The van der Waals surface area contributed by atoms with Gasteiger partial charge in [-0.1, -0.05) is 50.2 Å². The second-order valence-corrected chi connectivity index (χ2v) is 7.97. The van der Waals surface area contributed by atoms with Crippen molar-refractivity contribution in [2.45, 2.75) is 65.6 Å². The minimum atomic E-state index is -0.825. The van der Waals surface area contributed by atoms with Crippen molar-refractivity contribution in [1.82, 2.24) is 0 Å². The lowest BCUT2D eigenvalue weighted by atomic mass is 9.77. The SMILES string of the molecule is Cc1cc(C(C)(C)c2ccc(C(C)(C)O)cc2)ccc1OOC(C)C. The maximum absolute atomic E-state index is 10.1. The van der Waals surface area contributed by atoms with Crippen LogP contribution in [0.1, 0.15) is 63.8 Å². The number of rotatable bonds is 6. The zero-order valence-electron chi connectivity index (χ0n) is 16.4. The van der Waals surface area contributed by atoms with Crippen LogP contribution in [0.25, 0.3) is 0 Å². The van der Waals surface area contributed by atoms with Crippen molar-refractivity contribution < 1.29 is 14.9 Å². The van der Waals surface area contributed by atoms with Gasteiger partial charge in [-0.05, 0) is 62.9 Å². The molecule has 0 spiro atoms. The van der Waals surface area contributed by atoms with Crippen molar-refractivity contribution in [2.75, 3.05) is 0 Å². The van der Waals surface area contributed by atoms with Gasteiger partial charge in [-0.2, -0.15) is 4.89 Å². The van der Waals surface area contributed by atoms with Gasteiger partial charge in [0.1, 0.15) is 0 Å². The minimum Gasteiger partial charge on any atom is -0.386 e. The summed E-state index contributed by atoms with van der Waals surface area (Å²) in [6.45, 7) is 13.9. The Morgan fingerprint density at radius 2 is 1.36 bits per heavy atom. The predicted octanol–water partition coefficient (Wildman–Crippen LogP) is 5.27. The Balaban J connectivity index is 2.28. The summed E-state index contributed by atoms with van der Waals surface area (Å²) in [6.07, 6.45) is 0.0183. The summed E-state index contributed by atoms with van der Waals surface area (Å²) >= 11 is 0. The first-order valence-corrected chi connectivity index (χ1v) is 8.79. The molecule has 0 aliphatic heterocycles. The molecule has 0 atom stereocenters. The van der Waals surface area contributed by atoms with Crippen LogP contribution < -0.4 is 4.89 Å². The van der Waals surface area contributed by atoms with Crippen LogP contribution >= 0.6 is 0 Å². The molecule has 0 saturated heterocycles. The molecule has 0 aliphatic rings. The van der Waals surface area contributed by atoms with E-state index in [2.05, 4.69) is 38.1 Å². The topological polar surface area (TPSA) is 38.7 Å². The highest BCUT2D eigenvalue weighted by Gasteiger charge is 2.25. The van der Waals surface area contributed by atoms with Gasteiger partial charge < -0.3 is 9.99 Å². The van der Waals surface area contributed by atoms with Gasteiger partial charge in [0.15, 0.2) is 5.75 Å². The van der Waals surface area contributed by atoms with Gasteiger partial charge in [0.05, 0.1) is 11.7 Å². The van der Waals surface area contributed by atoms with Gasteiger partial charge >= 0.3 is 0 Å². The fourth-order valence-electron chi connectivity index (χ4n) is 2.74. The molecule has 3 heteroatoms. The molecule has 3 nitrogen and oxygen atoms in total. The summed E-state index contributed by atoms with van der Waals surface area (Å²) in [5.41, 5.74) is 3.39. The van der Waals surface area contributed by atoms with Crippen LogP contribution in [0, 0.1) is 6.92 Å². The van der Waals surface area contributed by atoms with Crippen LogP contribution in [0.2, 0.25) is 0 Å². The largest absolute Gasteiger partial charge is 0.386 e. The molecule has 136 valence electrons. The van der Waals surface area contributed by atoms with Crippen molar-refractivity contribution in [2.24, 2.45) is 0 Å². The molecular weight excluding hydrogens is 312 g/mol. The smallest absolute Gasteiger partial charge is 0.168 e. The summed E-state index contributed by atoms with van der Waals surface area (Å²) in [7, 11) is 0. The van der Waals surface area contributed by atoms with E-state index in [-0.39, 0.29) is 11.5 Å². The molecule has 25 heavy (non-hydrogen) atoms. The summed E-state index contributed by atoms with van der Waals surface area (Å²) in [6, 6.07) is 14.4. The van der Waals surface area contributed by atoms with E-state index in [0.717, 1.165) is 16.9 Å². The highest BCUT2D eigenvalue weighted by Crippen LogP contribution is 2.35. The van der Waals surface area contributed by atoms with Gasteiger partial charge in [-0.25, -0.2) is 0 Å². The van der Waals surface area contributed by atoms with Crippen LogP contribution in [0.5, 0.6) is 5.75 Å². The Hall–Kier alpha value is -1.84. The van der Waals surface area contributed by atoms with Gasteiger partial charge in [0.2, 0.25) is 0 Å². The molecule has 0 fully saturated rings. The Kier molecular flexibility index (Phi) is 5.60. The van der Waals surface area contributed by atoms with Crippen LogP contribution in [0.15, 0.2) is 42.5 Å². The Labute approximate surface area is 151 Å². The van der Waals surface area contributed by atoms with E-state index >= 15 is 0 Å². The summed E-state index contributed by atoms with van der Waals surface area (Å²) in [5.74, 6) is 0.741. The molecule has 0 amide bonds. The van der Waals surface area contributed by atoms with E-state index in [0.29, 0.717) is 0 Å². The fourth-order valence-corrected chi connectivity index (χ4v) is 2.74. The predicted molar refractivity (Wildman–Crippen MR) is 102 cm³/mol. The molecule has 0 aliphatic carbocycles. The molecular formula is C22H30O3. The first-order chi connectivity index (χ1) is 11.5. The van der Waals surface area contributed by atoms with E-state index in [1.165, 1.54) is 11.1 Å². The maximum Gasteiger partial charge on any atom is 0.168 e. The average Bonchev–Trinajstić information content (AvgIpc) is 2.52. The number of hydrogen-bond donors (Lipinski definition) is 1. The van der Waals surface area contributed by atoms with E-state index in [1.54, 1.807) is 13.8 Å². The molecule has 0 radical (unpaired) electrons. The molecule has 0 unspecified atom stereocenters. The average molecular weight is 342 g/mol. The van der Waals surface area contributed by atoms with Crippen LogP contribution in [0.4, 0.5) is 0 Å². The third-order valence-corrected chi connectivity index (χ3v) is 4.54. The molecule has 0 saturated carbocycles. The molecule has 0 heterocycles. The number of aryl methyl sites for hydroxylation is 1. The zero-order chi connectivity index (χ0) is 18.8. The van der Waals surface area contributed by atoms with Crippen molar-refractivity contribution in [1.29, 1.82) is 0 Å². The van der Waals surface area contributed by atoms with Gasteiger partial charge in [-0.3, -0.25) is 0 Å². The Bertz CT molecular complexity index is 707. The number of benzene rings is 2. The molecule has 2 aromatic rings. The third kappa shape index (κ3) is 4.62. The summed E-state index contributed by atoms with van der Waals surface area (Å²) in [5, 5.41) is 10.1. The van der Waals surface area contributed by atoms with E-state index in [1.807, 2.05) is 39.0 Å². The standard InChI is InChI=1S/C22H30O3/c1-15(2)24-25-20-13-12-19(14-16(20)3)21(4,5)17-8-10-18(11-9-17)22(6,7)23/h8-15,23H,1-7H3. The first kappa shape index (κ1) is 19.5. The van der Waals surface area contributed by atoms with Gasteiger partial charge in [0, 0.05) is 5.41 Å². The molecule has 2 rings (SSSR count). The van der Waals surface area contributed by atoms with E-state index in [9.17, 15) is 5.11 Å². The third-order valence-electron chi connectivity index (χ3n) is 4.54. The molecule has 0 bridgehead atoms. The normalized spacial score (nSPS) is 12.5. The maximum atomic E-state index is 10.1. The molecule has 1 N–H and O–H groups in total. The minimum absolute atomic E-state index is 0.0183. The van der Waals surface area contributed by atoms with E-state index in [4.69, 9.17) is 9.78 Å². The van der Waals surface area contributed by atoms with Gasteiger partial charge in [-0.15, -0.1) is 0 Å². The number of aliphatic hydroxyl groups is 1. The monoisotopic (exact) mass is 342 g/mol. The van der Waals surface area contributed by atoms with E-state index < -0.39 is 5.60 Å². The molecule has 0 aromatic heterocycles. The van der Waals surface area contributed by atoms with Crippen molar-refractivity contribution in [3.63, 3.8) is 0 Å². The van der Waals surface area contributed by atoms with Crippen molar-refractivity contribution >= 4 is 0 Å². The fraction of sp³-hybridized carbons (Fsp3) is 0.455. The summed E-state index contributed by atoms with van der Waals surface area (Å²) < 4.78 is 0. The second-order valence-electron chi connectivity index (χ2n) is 7.97. The lowest BCUT2D eigenvalue weighted by molar-refractivity contribution is -0.235. The highest BCUT2D eigenvalue weighted by molar-refractivity contribution is 5.44. The van der Waals surface area contributed by atoms with Crippen LogP contribution in [0.3, 0.4) is 0 Å². The Morgan fingerprint density at radius 1 is 0.840 bits per heavy atom. The van der Waals surface area contributed by atoms with Gasteiger partial charge in [0.25, 0.3) is 0 Å². The quantitative estimate of drug-likeness (QED) is 0.574. The lowest BCUT2D eigenvalue weighted by Gasteiger charge is -2.28. The Morgan fingerprint density at radius 3 is 1.84 bits per heavy atom. The van der Waals surface area contributed by atoms with Crippen molar-refractivity contribution in [3.8, 4) is 5.75 Å².